The van der Waals surface area contributed by atoms with Gasteiger partial charge < -0.3 is 10.0 Å². The van der Waals surface area contributed by atoms with E-state index in [1.807, 2.05) is 0 Å². The number of hydrogen-bond acceptors (Lipinski definition) is 5. The second kappa shape index (κ2) is 12.0. The minimum Gasteiger partial charge on any atom is -0.511 e. The van der Waals surface area contributed by atoms with Crippen molar-refractivity contribution in [3.8, 4) is 0 Å². The van der Waals surface area contributed by atoms with Crippen LogP contribution in [-0.4, -0.2) is 89.6 Å². The van der Waals surface area contributed by atoms with Gasteiger partial charge >= 0.3 is 6.18 Å². The molecule has 0 bridgehead atoms. The van der Waals surface area contributed by atoms with Gasteiger partial charge in [0.05, 0.1) is 12.2 Å². The Morgan fingerprint density at radius 2 is 1.75 bits per heavy atom. The molecule has 0 aliphatic carbocycles. The Hall–Kier alpha value is -1.64. The number of hydrogen-bond donors (Lipinski definition) is 1. The van der Waals surface area contributed by atoms with E-state index in [-0.39, 0.29) is 11.5 Å². The predicted molar refractivity (Wildman–Crippen MR) is 125 cm³/mol. The molecule has 0 saturated carbocycles. The molecule has 0 amide bonds. The highest BCUT2D eigenvalue weighted by Crippen LogP contribution is 2.24. The Labute approximate surface area is 191 Å². The first-order valence-electron chi connectivity index (χ1n) is 11.6. The molecule has 1 N–H and O–H groups in total. The molecule has 0 aromatic heterocycles. The largest absolute Gasteiger partial charge is 0.511 e. The summed E-state index contributed by atoms with van der Waals surface area (Å²) in [6.45, 7) is 16.9. The van der Waals surface area contributed by atoms with Gasteiger partial charge in [-0.1, -0.05) is 26.5 Å². The monoisotopic (exact) mass is 456 g/mol. The lowest BCUT2D eigenvalue weighted by Crippen LogP contribution is -2.58. The van der Waals surface area contributed by atoms with Crippen molar-refractivity contribution in [2.45, 2.75) is 65.2 Å². The SMILES string of the molecule is C=C/C(C)=C(\C=C(\O)CN1CCN(C2CCN(CC)CC2)C(CC)C1)N=C(C)C(F)(F)F. The number of alkyl halides is 3. The first kappa shape index (κ1) is 26.6. The maximum atomic E-state index is 12.9. The van der Waals surface area contributed by atoms with E-state index < -0.39 is 11.9 Å². The topological polar surface area (TPSA) is 42.3 Å². The van der Waals surface area contributed by atoms with Crippen LogP contribution in [0.25, 0.3) is 0 Å². The van der Waals surface area contributed by atoms with Gasteiger partial charge in [-0.05, 0) is 58.3 Å². The number of aliphatic hydroxyl groups excluding tert-OH is 1. The summed E-state index contributed by atoms with van der Waals surface area (Å²) in [5, 5.41) is 10.5. The number of likely N-dealkylation sites (tertiary alicyclic amines) is 1. The van der Waals surface area contributed by atoms with E-state index in [2.05, 4.69) is 40.1 Å². The van der Waals surface area contributed by atoms with Crippen molar-refractivity contribution in [2.75, 3.05) is 45.8 Å². The normalized spacial score (nSPS) is 24.5. The summed E-state index contributed by atoms with van der Waals surface area (Å²) < 4.78 is 38.8. The zero-order valence-electron chi connectivity index (χ0n) is 20.0. The first-order valence-corrected chi connectivity index (χ1v) is 11.6. The summed E-state index contributed by atoms with van der Waals surface area (Å²) in [6, 6.07) is 1.03. The van der Waals surface area contributed by atoms with Crippen LogP contribution in [0.5, 0.6) is 0 Å². The molecule has 182 valence electrons. The summed E-state index contributed by atoms with van der Waals surface area (Å²) >= 11 is 0. The van der Waals surface area contributed by atoms with Crippen LogP contribution in [0.15, 0.2) is 40.8 Å². The lowest BCUT2D eigenvalue weighted by Gasteiger charge is -2.47. The van der Waals surface area contributed by atoms with Crippen molar-refractivity contribution >= 4 is 5.71 Å². The van der Waals surface area contributed by atoms with E-state index in [9.17, 15) is 18.3 Å². The number of piperazine rings is 1. The molecule has 2 rings (SSSR count). The van der Waals surface area contributed by atoms with E-state index >= 15 is 0 Å². The minimum atomic E-state index is -4.51. The van der Waals surface area contributed by atoms with Crippen LogP contribution in [0.3, 0.4) is 0 Å². The summed E-state index contributed by atoms with van der Waals surface area (Å²) in [5.41, 5.74) is -0.387. The lowest BCUT2D eigenvalue weighted by molar-refractivity contribution is -0.0592. The summed E-state index contributed by atoms with van der Waals surface area (Å²) in [4.78, 5) is 11.0. The van der Waals surface area contributed by atoms with Gasteiger partial charge in [-0.15, -0.1) is 0 Å². The van der Waals surface area contributed by atoms with Crippen molar-refractivity contribution in [1.29, 1.82) is 0 Å². The van der Waals surface area contributed by atoms with E-state index in [1.165, 1.54) is 25.0 Å². The third-order valence-corrected chi connectivity index (χ3v) is 6.65. The number of allylic oxidation sites excluding steroid dienone is 3. The maximum absolute atomic E-state index is 12.9. The number of aliphatic imine (C=N–C) groups is 1. The van der Waals surface area contributed by atoms with Crippen LogP contribution in [-0.2, 0) is 0 Å². The Kier molecular flexibility index (Phi) is 9.98. The smallest absolute Gasteiger partial charge is 0.429 e. The Balaban J connectivity index is 2.04. The Morgan fingerprint density at radius 1 is 1.09 bits per heavy atom. The third kappa shape index (κ3) is 7.46. The Bertz CT molecular complexity index is 721. The van der Waals surface area contributed by atoms with Gasteiger partial charge in [0.1, 0.15) is 11.5 Å². The summed E-state index contributed by atoms with van der Waals surface area (Å²) in [5.74, 6) is 0.0134. The van der Waals surface area contributed by atoms with E-state index in [0.29, 0.717) is 24.2 Å². The van der Waals surface area contributed by atoms with Crippen molar-refractivity contribution in [3.63, 3.8) is 0 Å². The van der Waals surface area contributed by atoms with Crippen molar-refractivity contribution in [3.05, 3.63) is 35.8 Å². The fraction of sp³-hybridized carbons (Fsp3) is 0.708. The summed E-state index contributed by atoms with van der Waals surface area (Å²) in [7, 11) is 0. The van der Waals surface area contributed by atoms with Crippen molar-refractivity contribution in [1.82, 2.24) is 14.7 Å². The number of halogens is 3. The van der Waals surface area contributed by atoms with Gasteiger partial charge in [0.2, 0.25) is 0 Å². The molecule has 8 heteroatoms. The third-order valence-electron chi connectivity index (χ3n) is 6.65. The van der Waals surface area contributed by atoms with Gasteiger partial charge in [0.15, 0.2) is 0 Å². The Morgan fingerprint density at radius 3 is 2.28 bits per heavy atom. The molecule has 2 heterocycles. The molecular formula is C24H39F3N4O. The summed E-state index contributed by atoms with van der Waals surface area (Å²) in [6.07, 6.45) is 1.70. The quantitative estimate of drug-likeness (QED) is 0.324. The zero-order chi connectivity index (χ0) is 23.9. The maximum Gasteiger partial charge on any atom is 0.429 e. The molecule has 0 radical (unpaired) electrons. The van der Waals surface area contributed by atoms with E-state index in [4.69, 9.17) is 0 Å². The molecular weight excluding hydrogens is 417 g/mol. The molecule has 32 heavy (non-hydrogen) atoms. The number of aliphatic hydroxyl groups is 1. The first-order chi connectivity index (χ1) is 15.1. The standard InChI is InChI=1S/C24H39F3N4O/c1-6-18(4)23(28-19(5)24(25,26)27)15-22(32)17-30-13-14-31(20(7-2)16-30)21-9-11-29(8-3)12-10-21/h6,15,20-21,32H,1,7-14,16-17H2,2-5H3/b22-15+,23-18+,28-19?. The fourth-order valence-electron chi connectivity index (χ4n) is 4.50. The van der Waals surface area contributed by atoms with Gasteiger partial charge in [0, 0.05) is 37.8 Å². The number of rotatable bonds is 8. The molecule has 0 aromatic rings. The molecule has 2 aliphatic rings. The molecule has 1 unspecified atom stereocenters. The van der Waals surface area contributed by atoms with Crippen LogP contribution in [0.2, 0.25) is 0 Å². The van der Waals surface area contributed by atoms with E-state index in [1.54, 1.807) is 6.92 Å². The van der Waals surface area contributed by atoms with Gasteiger partial charge in [-0.25, -0.2) is 4.99 Å². The van der Waals surface area contributed by atoms with Gasteiger partial charge in [0.25, 0.3) is 0 Å². The second-order valence-electron chi connectivity index (χ2n) is 8.80. The molecule has 2 saturated heterocycles. The van der Waals surface area contributed by atoms with Crippen LogP contribution >= 0.6 is 0 Å². The number of nitrogens with zero attached hydrogens (tertiary/aromatic N) is 4. The average Bonchev–Trinajstić information content (AvgIpc) is 2.77. The number of piperidine rings is 1. The average molecular weight is 457 g/mol. The van der Waals surface area contributed by atoms with E-state index in [0.717, 1.165) is 52.6 Å². The fourth-order valence-corrected chi connectivity index (χ4v) is 4.50. The van der Waals surface area contributed by atoms with Crippen molar-refractivity contribution in [2.24, 2.45) is 4.99 Å². The molecule has 2 fully saturated rings. The second-order valence-corrected chi connectivity index (χ2v) is 8.80. The highest BCUT2D eigenvalue weighted by Gasteiger charge is 2.33. The van der Waals surface area contributed by atoms with Crippen LogP contribution in [0, 0.1) is 0 Å². The van der Waals surface area contributed by atoms with Crippen LogP contribution in [0.1, 0.15) is 47.0 Å². The van der Waals surface area contributed by atoms with Gasteiger partial charge in [-0.2, -0.15) is 13.2 Å². The van der Waals surface area contributed by atoms with Gasteiger partial charge in [-0.3, -0.25) is 9.80 Å². The van der Waals surface area contributed by atoms with Crippen molar-refractivity contribution < 1.29 is 18.3 Å². The molecule has 0 spiro atoms. The van der Waals surface area contributed by atoms with Crippen LogP contribution in [0.4, 0.5) is 13.2 Å². The minimum absolute atomic E-state index is 0.0134. The molecule has 5 nitrogen and oxygen atoms in total. The molecule has 0 aromatic carbocycles. The lowest BCUT2D eigenvalue weighted by atomic mass is 9.98. The highest BCUT2D eigenvalue weighted by molar-refractivity contribution is 5.88. The predicted octanol–water partition coefficient (Wildman–Crippen LogP) is 4.79. The molecule has 1 atom stereocenters. The van der Waals surface area contributed by atoms with Crippen LogP contribution < -0.4 is 0 Å². The highest BCUT2D eigenvalue weighted by atomic mass is 19.4. The molecule has 2 aliphatic heterocycles. The zero-order valence-corrected chi connectivity index (χ0v) is 20.0.